The molecule has 1 aromatic rings. The summed E-state index contributed by atoms with van der Waals surface area (Å²) in [6, 6.07) is 3.67. The summed E-state index contributed by atoms with van der Waals surface area (Å²) in [4.78, 5) is 11.7. The highest BCUT2D eigenvalue weighted by Crippen LogP contribution is 2.23. The second kappa shape index (κ2) is 4.58. The monoisotopic (exact) mass is 211 g/mol. The second-order valence-corrected chi connectivity index (χ2v) is 3.73. The molecular formula is C11H14ClNO. The number of Topliss-reactive ketones (excluding diaryl/α,β-unsaturated/α-hetero) is 1. The molecule has 1 aromatic carbocycles. The third kappa shape index (κ3) is 2.14. The Balaban J connectivity index is 3.18. The lowest BCUT2D eigenvalue weighted by Gasteiger charge is -2.09. The average Bonchev–Trinajstić information content (AvgIpc) is 2.13. The number of halogens is 1. The predicted octanol–water partition coefficient (Wildman–Crippen LogP) is 2.49. The molecule has 0 aliphatic carbocycles. The Bertz CT molecular complexity index is 361. The van der Waals surface area contributed by atoms with Crippen molar-refractivity contribution in [1.29, 1.82) is 0 Å². The molecule has 3 heteroatoms. The lowest BCUT2D eigenvalue weighted by molar-refractivity contribution is 0.0984. The highest BCUT2D eigenvalue weighted by atomic mass is 35.5. The van der Waals surface area contributed by atoms with Crippen LogP contribution in [0.4, 0.5) is 0 Å². The number of carbonyl (C=O) groups is 1. The number of benzene rings is 1. The van der Waals surface area contributed by atoms with Crippen molar-refractivity contribution < 1.29 is 4.79 Å². The molecule has 0 aliphatic rings. The first-order valence-corrected chi connectivity index (χ1v) is 4.94. The first-order valence-electron chi connectivity index (χ1n) is 4.57. The van der Waals surface area contributed by atoms with Gasteiger partial charge in [-0.25, -0.2) is 0 Å². The smallest absolute Gasteiger partial charge is 0.164 e. The van der Waals surface area contributed by atoms with Crippen LogP contribution in [0, 0.1) is 13.8 Å². The average molecular weight is 212 g/mol. The van der Waals surface area contributed by atoms with Crippen LogP contribution in [0.1, 0.15) is 27.9 Å². The van der Waals surface area contributed by atoms with Crippen molar-refractivity contribution in [3.05, 3.63) is 33.8 Å². The van der Waals surface area contributed by atoms with Crippen molar-refractivity contribution >= 4 is 17.4 Å². The topological polar surface area (TPSA) is 43.1 Å². The summed E-state index contributed by atoms with van der Waals surface area (Å²) in [5.74, 6) is 0.0741. The van der Waals surface area contributed by atoms with Crippen molar-refractivity contribution in [3.63, 3.8) is 0 Å². The van der Waals surface area contributed by atoms with E-state index < -0.39 is 0 Å². The SMILES string of the molecule is Cc1ccc(Cl)c(C)c1C(=O)CCN. The first kappa shape index (κ1) is 11.2. The molecule has 0 radical (unpaired) electrons. The van der Waals surface area contributed by atoms with Gasteiger partial charge in [0.05, 0.1) is 0 Å². The molecule has 0 amide bonds. The van der Waals surface area contributed by atoms with Crippen LogP contribution in [-0.4, -0.2) is 12.3 Å². The van der Waals surface area contributed by atoms with Gasteiger partial charge in [0.15, 0.2) is 5.78 Å². The molecule has 2 N–H and O–H groups in total. The van der Waals surface area contributed by atoms with E-state index in [1.54, 1.807) is 0 Å². The minimum Gasteiger partial charge on any atom is -0.330 e. The van der Waals surface area contributed by atoms with Gasteiger partial charge in [0, 0.05) is 17.0 Å². The highest BCUT2D eigenvalue weighted by Gasteiger charge is 2.13. The number of aryl methyl sites for hydroxylation is 1. The van der Waals surface area contributed by atoms with E-state index in [2.05, 4.69) is 0 Å². The summed E-state index contributed by atoms with van der Waals surface area (Å²) in [7, 11) is 0. The zero-order valence-corrected chi connectivity index (χ0v) is 9.19. The number of hydrogen-bond donors (Lipinski definition) is 1. The minimum atomic E-state index is 0.0741. The van der Waals surface area contributed by atoms with Gasteiger partial charge in [0.1, 0.15) is 0 Å². The van der Waals surface area contributed by atoms with Crippen molar-refractivity contribution in [2.24, 2.45) is 5.73 Å². The van der Waals surface area contributed by atoms with Gasteiger partial charge >= 0.3 is 0 Å². The summed E-state index contributed by atoms with van der Waals surface area (Å²) >= 11 is 5.95. The maximum absolute atomic E-state index is 11.7. The van der Waals surface area contributed by atoms with Crippen molar-refractivity contribution in [2.75, 3.05) is 6.54 Å². The fourth-order valence-electron chi connectivity index (χ4n) is 1.51. The third-order valence-corrected chi connectivity index (χ3v) is 2.67. The van der Waals surface area contributed by atoms with Gasteiger partial charge in [-0.1, -0.05) is 17.7 Å². The molecule has 0 saturated heterocycles. The van der Waals surface area contributed by atoms with Crippen molar-refractivity contribution in [2.45, 2.75) is 20.3 Å². The standard InChI is InChI=1S/C11H14ClNO/c1-7-3-4-9(12)8(2)11(7)10(14)5-6-13/h3-4H,5-6,13H2,1-2H3. The number of hydrogen-bond acceptors (Lipinski definition) is 2. The second-order valence-electron chi connectivity index (χ2n) is 3.33. The molecule has 2 nitrogen and oxygen atoms in total. The van der Waals surface area contributed by atoms with E-state index in [9.17, 15) is 4.79 Å². The molecular weight excluding hydrogens is 198 g/mol. The van der Waals surface area contributed by atoms with Gasteiger partial charge in [-0.3, -0.25) is 4.79 Å². The molecule has 0 fully saturated rings. The number of ketones is 1. The number of carbonyl (C=O) groups excluding carboxylic acids is 1. The summed E-state index contributed by atoms with van der Waals surface area (Å²) in [5, 5.41) is 0.635. The molecule has 76 valence electrons. The Morgan fingerprint density at radius 1 is 1.43 bits per heavy atom. The quantitative estimate of drug-likeness (QED) is 0.781. The summed E-state index contributed by atoms with van der Waals surface area (Å²) < 4.78 is 0. The fourth-order valence-corrected chi connectivity index (χ4v) is 1.66. The van der Waals surface area contributed by atoms with Gasteiger partial charge in [-0.05, 0) is 37.6 Å². The van der Waals surface area contributed by atoms with E-state index in [-0.39, 0.29) is 5.78 Å². The normalized spacial score (nSPS) is 10.3. The van der Waals surface area contributed by atoms with Crippen LogP contribution < -0.4 is 5.73 Å². The van der Waals surface area contributed by atoms with Crippen LogP contribution in [0.25, 0.3) is 0 Å². The zero-order chi connectivity index (χ0) is 10.7. The summed E-state index contributed by atoms with van der Waals surface area (Å²) in [6.45, 7) is 4.15. The Kier molecular flexibility index (Phi) is 3.67. The van der Waals surface area contributed by atoms with E-state index in [0.29, 0.717) is 18.0 Å². The Morgan fingerprint density at radius 2 is 2.07 bits per heavy atom. The lowest BCUT2D eigenvalue weighted by atomic mass is 9.97. The third-order valence-electron chi connectivity index (χ3n) is 2.26. The Morgan fingerprint density at radius 3 is 2.64 bits per heavy atom. The van der Waals surface area contributed by atoms with Crippen LogP contribution in [-0.2, 0) is 0 Å². The number of rotatable bonds is 3. The minimum absolute atomic E-state index is 0.0741. The van der Waals surface area contributed by atoms with E-state index in [0.717, 1.165) is 16.7 Å². The molecule has 0 aliphatic heterocycles. The molecule has 0 heterocycles. The van der Waals surface area contributed by atoms with E-state index in [1.807, 2.05) is 26.0 Å². The summed E-state index contributed by atoms with van der Waals surface area (Å²) in [5.41, 5.74) is 7.89. The van der Waals surface area contributed by atoms with Crippen LogP contribution >= 0.6 is 11.6 Å². The van der Waals surface area contributed by atoms with Crippen LogP contribution in [0.3, 0.4) is 0 Å². The van der Waals surface area contributed by atoms with Gasteiger partial charge in [-0.15, -0.1) is 0 Å². The molecule has 0 unspecified atom stereocenters. The molecule has 0 aromatic heterocycles. The van der Waals surface area contributed by atoms with Crippen LogP contribution in [0.15, 0.2) is 12.1 Å². The fraction of sp³-hybridized carbons (Fsp3) is 0.364. The molecule has 0 bridgehead atoms. The largest absolute Gasteiger partial charge is 0.330 e. The Labute approximate surface area is 89.1 Å². The summed E-state index contributed by atoms with van der Waals surface area (Å²) in [6.07, 6.45) is 0.377. The molecule has 0 atom stereocenters. The van der Waals surface area contributed by atoms with Gasteiger partial charge in [-0.2, -0.15) is 0 Å². The maximum Gasteiger partial charge on any atom is 0.164 e. The highest BCUT2D eigenvalue weighted by molar-refractivity contribution is 6.32. The van der Waals surface area contributed by atoms with Crippen molar-refractivity contribution in [3.8, 4) is 0 Å². The molecule has 0 spiro atoms. The molecule has 1 rings (SSSR count). The Hall–Kier alpha value is -0.860. The van der Waals surface area contributed by atoms with E-state index in [4.69, 9.17) is 17.3 Å². The van der Waals surface area contributed by atoms with Gasteiger partial charge < -0.3 is 5.73 Å². The first-order chi connectivity index (χ1) is 6.57. The van der Waals surface area contributed by atoms with Crippen LogP contribution in [0.5, 0.6) is 0 Å². The van der Waals surface area contributed by atoms with E-state index >= 15 is 0 Å². The zero-order valence-electron chi connectivity index (χ0n) is 8.43. The predicted molar refractivity (Wildman–Crippen MR) is 58.9 cm³/mol. The van der Waals surface area contributed by atoms with Gasteiger partial charge in [0.25, 0.3) is 0 Å². The van der Waals surface area contributed by atoms with E-state index in [1.165, 1.54) is 0 Å². The molecule has 14 heavy (non-hydrogen) atoms. The van der Waals surface area contributed by atoms with Crippen LogP contribution in [0.2, 0.25) is 5.02 Å². The lowest BCUT2D eigenvalue weighted by Crippen LogP contribution is -2.11. The number of nitrogens with two attached hydrogens (primary N) is 1. The maximum atomic E-state index is 11.7. The van der Waals surface area contributed by atoms with Crippen molar-refractivity contribution in [1.82, 2.24) is 0 Å². The molecule has 0 saturated carbocycles. The van der Waals surface area contributed by atoms with Gasteiger partial charge in [0.2, 0.25) is 0 Å².